The van der Waals surface area contributed by atoms with Gasteiger partial charge < -0.3 is 0 Å². The number of Topliss-reactive ketones (excluding diaryl/α,β-unsaturated/α-hetero) is 1. The molecule has 1 amide bonds. The molecule has 0 bridgehead atoms. The van der Waals surface area contributed by atoms with Crippen molar-refractivity contribution in [2.75, 3.05) is 13.1 Å². The Morgan fingerprint density at radius 3 is 2.58 bits per heavy atom. The molecule has 8 nitrogen and oxygen atoms in total. The first kappa shape index (κ1) is 25.3. The van der Waals surface area contributed by atoms with Crippen molar-refractivity contribution in [3.05, 3.63) is 51.2 Å². The number of carbonyl (C=O) groups is 2. The number of hydrogen-bond donors (Lipinski definition) is 5. The van der Waals surface area contributed by atoms with Crippen molar-refractivity contribution in [1.82, 2.24) is 10.2 Å². The van der Waals surface area contributed by atoms with Gasteiger partial charge in [-0.05, 0) is 0 Å². The number of halogens is 1. The van der Waals surface area contributed by atoms with E-state index in [1.54, 1.807) is 6.92 Å². The van der Waals surface area contributed by atoms with E-state index in [1.807, 2.05) is 20.8 Å². The van der Waals surface area contributed by atoms with Crippen LogP contribution in [0.1, 0.15) is 61.5 Å². The number of carbonyl (C=O) groups excluding carboxylic acids is 2. The van der Waals surface area contributed by atoms with Gasteiger partial charge in [0.2, 0.25) is 0 Å². The van der Waals surface area contributed by atoms with Gasteiger partial charge in [0.1, 0.15) is 0 Å². The number of aliphatic hydroxyl groups excluding tert-OH is 2. The maximum absolute atomic E-state index is 15.8. The number of hydrogen-bond acceptors (Lipinski definition) is 7. The quantitative estimate of drug-likeness (QED) is 0.384. The molecule has 0 saturated carbocycles. The second kappa shape index (κ2) is 8.26. The number of rotatable bonds is 4. The Balaban J connectivity index is 1.45. The Kier molecular flexibility index (Phi) is 5.50. The number of ketones is 1. The molecular weight excluding hydrogens is 488 g/mol. The van der Waals surface area contributed by atoms with Gasteiger partial charge in [0.25, 0.3) is 0 Å². The number of phenols is 1. The van der Waals surface area contributed by atoms with Crippen LogP contribution in [0.5, 0.6) is 5.75 Å². The summed E-state index contributed by atoms with van der Waals surface area (Å²) < 4.78 is 15.8. The van der Waals surface area contributed by atoms with Crippen LogP contribution in [-0.2, 0) is 17.8 Å². The van der Waals surface area contributed by atoms with E-state index in [0.29, 0.717) is 11.9 Å². The van der Waals surface area contributed by atoms with Gasteiger partial charge in [0, 0.05) is 0 Å². The van der Waals surface area contributed by atoms with E-state index >= 15 is 4.39 Å². The second-order valence-corrected chi connectivity index (χ2v) is 12.4. The Hall–Kier alpha value is -2.98. The Morgan fingerprint density at radius 1 is 1.26 bits per heavy atom. The molecule has 2 aliphatic heterocycles. The van der Waals surface area contributed by atoms with E-state index in [9.17, 15) is 24.9 Å². The number of aliphatic hydroxyl groups is 2. The number of fused-ring (bicyclic) bond motifs is 2. The molecule has 0 radical (unpaired) electrons. The normalized spacial score (nSPS) is 30.3. The average Bonchev–Trinajstić information content (AvgIpc) is 3.31. The molecule has 1 aromatic rings. The number of aromatic hydroxyl groups is 1. The van der Waals surface area contributed by atoms with E-state index in [4.69, 9.17) is 5.73 Å². The Morgan fingerprint density at radius 2 is 1.95 bits per heavy atom. The fourth-order valence-electron chi connectivity index (χ4n) is 7.29. The molecular formula is C28H33BFN3O5. The number of amides is 1. The first-order valence-electron chi connectivity index (χ1n) is 13.3. The van der Waals surface area contributed by atoms with Crippen LogP contribution in [0.3, 0.4) is 0 Å². The molecule has 1 spiro atoms. The van der Waals surface area contributed by atoms with Crippen molar-refractivity contribution in [3.8, 4) is 5.75 Å². The summed E-state index contributed by atoms with van der Waals surface area (Å²) >= 11 is 0. The van der Waals surface area contributed by atoms with Crippen molar-refractivity contribution in [2.45, 2.75) is 69.9 Å². The molecule has 38 heavy (non-hydrogen) atoms. The van der Waals surface area contributed by atoms with Gasteiger partial charge in [0.05, 0.1) is 0 Å². The van der Waals surface area contributed by atoms with E-state index in [0.717, 1.165) is 25.9 Å². The molecule has 4 atom stereocenters. The van der Waals surface area contributed by atoms with Crippen molar-refractivity contribution < 1.29 is 29.3 Å². The zero-order valence-electron chi connectivity index (χ0n) is 21.9. The van der Waals surface area contributed by atoms with E-state index in [2.05, 4.69) is 10.2 Å². The van der Waals surface area contributed by atoms with E-state index in [-0.39, 0.29) is 69.5 Å². The number of benzene rings is 1. The number of nitrogens with one attached hydrogen (secondary N) is 1. The van der Waals surface area contributed by atoms with Crippen LogP contribution in [0.2, 0.25) is 5.31 Å². The van der Waals surface area contributed by atoms with Gasteiger partial charge in [-0.2, -0.15) is 0 Å². The summed E-state index contributed by atoms with van der Waals surface area (Å²) in [7, 11) is 0. The molecule has 10 heteroatoms. The summed E-state index contributed by atoms with van der Waals surface area (Å²) in [5.41, 5.74) is 6.33. The van der Waals surface area contributed by atoms with Gasteiger partial charge in [-0.1, -0.05) is 0 Å². The van der Waals surface area contributed by atoms with Crippen LogP contribution in [0.4, 0.5) is 4.39 Å². The first-order chi connectivity index (χ1) is 17.9. The molecule has 200 valence electrons. The Labute approximate surface area is 221 Å². The zero-order valence-corrected chi connectivity index (χ0v) is 21.9. The van der Waals surface area contributed by atoms with E-state index < -0.39 is 34.8 Å². The monoisotopic (exact) mass is 521 g/mol. The molecule has 6 rings (SSSR count). The summed E-state index contributed by atoms with van der Waals surface area (Å²) in [6.45, 7) is 9.26. The van der Waals surface area contributed by atoms with Gasteiger partial charge in [-0.15, -0.1) is 0 Å². The van der Waals surface area contributed by atoms with Gasteiger partial charge in [-0.3, -0.25) is 0 Å². The molecule has 1 saturated heterocycles. The van der Waals surface area contributed by atoms with Crippen LogP contribution in [0.25, 0.3) is 0 Å². The number of allylic oxidation sites excluding steroid dienone is 2. The maximum atomic E-state index is 15.8. The summed E-state index contributed by atoms with van der Waals surface area (Å²) in [4.78, 5) is 28.3. The standard InChI is InChI=1S/C28H33BFN3O5/c1-27(2,3)32-11-13-10-16(34)18-14(20(13)30)8-12-9-15-21(33-6-4-5-7-33)23(36)19(26(31)38)24-28(15,29-24)25(37)17(12)22(18)35/h10,12,15,21,32,34,36-37H,4-9,11H2,1-3H3,(H2,31,38)/t12-,15-,21-,28+/m0/s1. The molecule has 1 aromatic carbocycles. The zero-order chi connectivity index (χ0) is 27.3. The molecule has 2 heterocycles. The summed E-state index contributed by atoms with van der Waals surface area (Å²) in [5.74, 6) is -3.27. The number of phenolic OH excluding ortho intramolecular Hbond substituents is 1. The minimum atomic E-state index is -1.06. The van der Waals surface area contributed by atoms with Crippen molar-refractivity contribution in [3.63, 3.8) is 0 Å². The number of nitrogens with two attached hydrogens (primary N) is 1. The van der Waals surface area contributed by atoms with E-state index in [1.165, 1.54) is 6.07 Å². The number of nitrogens with zero attached hydrogens (tertiary/aromatic N) is 1. The first-order valence-corrected chi connectivity index (χ1v) is 13.3. The number of likely N-dealkylation sites (tertiary alicyclic amines) is 1. The predicted molar refractivity (Wildman–Crippen MR) is 141 cm³/mol. The van der Waals surface area contributed by atoms with Crippen molar-refractivity contribution >= 4 is 24.1 Å². The molecule has 0 aromatic heterocycles. The van der Waals surface area contributed by atoms with Crippen LogP contribution >= 0.6 is 0 Å². The fraction of sp³-hybridized carbons (Fsp3) is 0.536. The van der Waals surface area contributed by atoms with Gasteiger partial charge >= 0.3 is 221 Å². The predicted octanol–water partition coefficient (Wildman–Crippen LogP) is 2.43. The van der Waals surface area contributed by atoms with Crippen molar-refractivity contribution in [1.29, 1.82) is 0 Å². The third kappa shape index (κ3) is 3.45. The van der Waals surface area contributed by atoms with Crippen LogP contribution in [0.15, 0.2) is 28.7 Å². The van der Waals surface area contributed by atoms with Crippen LogP contribution in [0, 0.1) is 17.7 Å². The minimum absolute atomic E-state index is 0.0114. The third-order valence-corrected chi connectivity index (χ3v) is 9.03. The van der Waals surface area contributed by atoms with Gasteiger partial charge in [-0.25, -0.2) is 0 Å². The fourth-order valence-corrected chi connectivity index (χ4v) is 7.29. The van der Waals surface area contributed by atoms with Gasteiger partial charge in [0.15, 0.2) is 0 Å². The molecule has 0 unspecified atom stereocenters. The van der Waals surface area contributed by atoms with Crippen LogP contribution in [-0.4, -0.2) is 69.0 Å². The molecule has 5 aliphatic rings. The summed E-state index contributed by atoms with van der Waals surface area (Å²) in [6, 6.07) is 0.743. The molecule has 6 N–H and O–H groups in total. The molecule has 1 fully saturated rings. The topological polar surface area (TPSA) is 136 Å². The second-order valence-electron chi connectivity index (χ2n) is 12.4. The summed E-state index contributed by atoms with van der Waals surface area (Å²) in [5, 5.41) is 35.9. The van der Waals surface area contributed by atoms with Crippen molar-refractivity contribution in [2.24, 2.45) is 17.6 Å². The average molecular weight is 521 g/mol. The third-order valence-electron chi connectivity index (χ3n) is 9.03. The Bertz CT molecular complexity index is 1390. The SMILES string of the molecule is CC(C)(C)NCc1cc(O)c2c(c1F)C[C@H]1C[C@H]3[C@H](N4CCCC4)C(O)=C(C(N)=O)C4=B[C@@]43C(O)=C1C2=O. The summed E-state index contributed by atoms with van der Waals surface area (Å²) in [6.07, 6.45) is 2.46. The molecule has 3 aliphatic carbocycles. The number of primary amides is 1. The van der Waals surface area contributed by atoms with Crippen LogP contribution < -0.4 is 11.1 Å².